The van der Waals surface area contributed by atoms with E-state index in [0.717, 1.165) is 41.5 Å². The molecule has 1 aliphatic carbocycles. The van der Waals surface area contributed by atoms with Crippen LogP contribution < -0.4 is 16.0 Å². The van der Waals surface area contributed by atoms with E-state index < -0.39 is 0 Å². The number of aromatic nitrogens is 2. The summed E-state index contributed by atoms with van der Waals surface area (Å²) in [6.45, 7) is 2.00. The standard InChI is InChI=1S/C19H21N5O2S2/c1-11-5-4-8-14-16(11)23-19(28-14)22-15(25)9-13-10-27-18(21-13)24-17(26)20-12-6-2-3-7-12/h4-5,8,10,12H,2-3,6-7,9H2,1H3,(H,22,23,25)(H2,20,21,24,26). The molecule has 1 aliphatic rings. The number of carbonyl (C=O) groups is 2. The second kappa shape index (κ2) is 8.24. The highest BCUT2D eigenvalue weighted by Gasteiger charge is 2.18. The van der Waals surface area contributed by atoms with E-state index in [0.29, 0.717) is 16.0 Å². The molecule has 0 atom stereocenters. The molecule has 0 unspecified atom stereocenters. The van der Waals surface area contributed by atoms with Gasteiger partial charge in [-0.15, -0.1) is 11.3 Å². The molecular weight excluding hydrogens is 394 g/mol. The lowest BCUT2D eigenvalue weighted by Gasteiger charge is -2.11. The molecule has 2 aromatic heterocycles. The fourth-order valence-corrected chi connectivity index (χ4v) is 4.97. The van der Waals surface area contributed by atoms with Crippen molar-refractivity contribution in [2.24, 2.45) is 0 Å². The predicted octanol–water partition coefficient (Wildman–Crippen LogP) is 4.31. The van der Waals surface area contributed by atoms with Crippen molar-refractivity contribution in [3.05, 3.63) is 34.8 Å². The Morgan fingerprint density at radius 1 is 1.14 bits per heavy atom. The first-order valence-corrected chi connectivity index (χ1v) is 10.9. The zero-order valence-corrected chi connectivity index (χ0v) is 17.1. The maximum Gasteiger partial charge on any atom is 0.321 e. The van der Waals surface area contributed by atoms with Gasteiger partial charge in [0.05, 0.1) is 22.3 Å². The lowest BCUT2D eigenvalue weighted by atomic mass is 10.2. The fourth-order valence-electron chi connectivity index (χ4n) is 3.30. The van der Waals surface area contributed by atoms with Gasteiger partial charge in [0.25, 0.3) is 0 Å². The van der Waals surface area contributed by atoms with Crippen LogP contribution in [0.5, 0.6) is 0 Å². The van der Waals surface area contributed by atoms with E-state index in [1.807, 2.05) is 25.1 Å². The number of hydrogen-bond donors (Lipinski definition) is 3. The Labute approximate surface area is 170 Å². The largest absolute Gasteiger partial charge is 0.335 e. The quantitative estimate of drug-likeness (QED) is 0.579. The maximum absolute atomic E-state index is 12.3. The van der Waals surface area contributed by atoms with Crippen molar-refractivity contribution in [2.75, 3.05) is 10.6 Å². The highest BCUT2D eigenvalue weighted by atomic mass is 32.1. The molecule has 7 nitrogen and oxygen atoms in total. The highest BCUT2D eigenvalue weighted by molar-refractivity contribution is 7.22. The van der Waals surface area contributed by atoms with Gasteiger partial charge in [0.1, 0.15) is 0 Å². The summed E-state index contributed by atoms with van der Waals surface area (Å²) in [5, 5.41) is 11.4. The average molecular weight is 416 g/mol. The summed E-state index contributed by atoms with van der Waals surface area (Å²) in [5.74, 6) is -0.177. The summed E-state index contributed by atoms with van der Waals surface area (Å²) in [4.78, 5) is 33.2. The maximum atomic E-state index is 12.3. The van der Waals surface area contributed by atoms with Crippen LogP contribution in [-0.2, 0) is 11.2 Å². The van der Waals surface area contributed by atoms with E-state index in [9.17, 15) is 9.59 Å². The summed E-state index contributed by atoms with van der Waals surface area (Å²) in [6.07, 6.45) is 4.52. The van der Waals surface area contributed by atoms with Crippen LogP contribution in [-0.4, -0.2) is 27.9 Å². The molecule has 2 heterocycles. The van der Waals surface area contributed by atoms with E-state index in [1.54, 1.807) is 5.38 Å². The first-order chi connectivity index (χ1) is 13.6. The van der Waals surface area contributed by atoms with Crippen molar-refractivity contribution < 1.29 is 9.59 Å². The minimum absolute atomic E-state index is 0.136. The summed E-state index contributed by atoms with van der Waals surface area (Å²) < 4.78 is 1.05. The Morgan fingerprint density at radius 2 is 1.96 bits per heavy atom. The minimum Gasteiger partial charge on any atom is -0.335 e. The smallest absolute Gasteiger partial charge is 0.321 e. The van der Waals surface area contributed by atoms with Crippen molar-refractivity contribution in [1.82, 2.24) is 15.3 Å². The molecule has 9 heteroatoms. The molecule has 0 aliphatic heterocycles. The Kier molecular flexibility index (Phi) is 5.54. The van der Waals surface area contributed by atoms with E-state index >= 15 is 0 Å². The monoisotopic (exact) mass is 415 g/mol. The number of hydrogen-bond acceptors (Lipinski definition) is 6. The molecule has 0 radical (unpaired) electrons. The van der Waals surface area contributed by atoms with Gasteiger partial charge in [-0.2, -0.15) is 0 Å². The molecule has 28 heavy (non-hydrogen) atoms. The summed E-state index contributed by atoms with van der Waals surface area (Å²) in [6, 6.07) is 5.99. The topological polar surface area (TPSA) is 96.0 Å². The van der Waals surface area contributed by atoms with Crippen LogP contribution in [0.25, 0.3) is 10.2 Å². The van der Waals surface area contributed by atoms with Crippen LogP contribution >= 0.6 is 22.7 Å². The van der Waals surface area contributed by atoms with Gasteiger partial charge in [-0.3, -0.25) is 10.1 Å². The van der Waals surface area contributed by atoms with Gasteiger partial charge in [-0.25, -0.2) is 14.8 Å². The third kappa shape index (κ3) is 4.48. The van der Waals surface area contributed by atoms with Gasteiger partial charge in [0, 0.05) is 11.4 Å². The minimum atomic E-state index is -0.234. The van der Waals surface area contributed by atoms with Gasteiger partial charge >= 0.3 is 6.03 Å². The van der Waals surface area contributed by atoms with Crippen molar-refractivity contribution in [3.63, 3.8) is 0 Å². The van der Waals surface area contributed by atoms with Crippen molar-refractivity contribution in [3.8, 4) is 0 Å². The van der Waals surface area contributed by atoms with Crippen molar-refractivity contribution >= 4 is 55.1 Å². The molecule has 3 aromatic rings. The predicted molar refractivity (Wildman–Crippen MR) is 113 cm³/mol. The number of benzene rings is 1. The molecule has 4 rings (SSSR count). The van der Waals surface area contributed by atoms with Crippen LogP contribution in [0, 0.1) is 6.92 Å². The second-order valence-corrected chi connectivity index (χ2v) is 8.78. The van der Waals surface area contributed by atoms with Crippen LogP contribution in [0.1, 0.15) is 36.9 Å². The Bertz CT molecular complexity index is 1010. The number of para-hydroxylation sites is 1. The number of carbonyl (C=O) groups excluding carboxylic acids is 2. The number of anilines is 2. The van der Waals surface area contributed by atoms with Gasteiger partial charge in [0.15, 0.2) is 10.3 Å². The lowest BCUT2D eigenvalue weighted by Crippen LogP contribution is -2.36. The molecule has 0 spiro atoms. The van der Waals surface area contributed by atoms with Gasteiger partial charge in [-0.1, -0.05) is 36.3 Å². The molecule has 3 amide bonds. The average Bonchev–Trinajstić information content (AvgIpc) is 3.37. The number of fused-ring (bicyclic) bond motifs is 1. The Hall–Kier alpha value is -2.52. The number of nitrogens with zero attached hydrogens (tertiary/aromatic N) is 2. The fraction of sp³-hybridized carbons (Fsp3) is 0.368. The zero-order chi connectivity index (χ0) is 19.5. The van der Waals surface area contributed by atoms with E-state index in [4.69, 9.17) is 0 Å². The summed E-state index contributed by atoms with van der Waals surface area (Å²) in [5.41, 5.74) is 2.62. The lowest BCUT2D eigenvalue weighted by molar-refractivity contribution is -0.115. The normalized spacial score (nSPS) is 14.3. The highest BCUT2D eigenvalue weighted by Crippen LogP contribution is 2.28. The van der Waals surface area contributed by atoms with Gasteiger partial charge < -0.3 is 10.6 Å². The van der Waals surface area contributed by atoms with Crippen LogP contribution in [0.4, 0.5) is 15.1 Å². The second-order valence-electron chi connectivity index (χ2n) is 6.89. The zero-order valence-electron chi connectivity index (χ0n) is 15.4. The van der Waals surface area contributed by atoms with Crippen molar-refractivity contribution in [1.29, 1.82) is 0 Å². The number of amides is 3. The van der Waals surface area contributed by atoms with Gasteiger partial charge in [-0.05, 0) is 31.4 Å². The van der Waals surface area contributed by atoms with E-state index in [2.05, 4.69) is 25.9 Å². The number of rotatable bonds is 5. The first kappa shape index (κ1) is 18.8. The molecular formula is C19H21N5O2S2. The molecule has 1 aromatic carbocycles. The number of nitrogens with one attached hydrogen (secondary N) is 3. The van der Waals surface area contributed by atoms with Gasteiger partial charge in [0.2, 0.25) is 5.91 Å². The first-order valence-electron chi connectivity index (χ1n) is 9.25. The summed E-state index contributed by atoms with van der Waals surface area (Å²) >= 11 is 2.77. The molecule has 3 N–H and O–H groups in total. The third-order valence-electron chi connectivity index (χ3n) is 4.67. The van der Waals surface area contributed by atoms with Crippen LogP contribution in [0.2, 0.25) is 0 Å². The van der Waals surface area contributed by atoms with Crippen molar-refractivity contribution in [2.45, 2.75) is 45.1 Å². The third-order valence-corrected chi connectivity index (χ3v) is 6.41. The number of urea groups is 1. The van der Waals surface area contributed by atoms with E-state index in [-0.39, 0.29) is 24.4 Å². The molecule has 0 bridgehead atoms. The Morgan fingerprint density at radius 3 is 2.75 bits per heavy atom. The van der Waals surface area contributed by atoms with E-state index in [1.165, 1.54) is 22.7 Å². The number of aryl methyl sites for hydroxylation is 1. The molecule has 1 saturated carbocycles. The molecule has 0 saturated heterocycles. The van der Waals surface area contributed by atoms with Crippen LogP contribution in [0.15, 0.2) is 23.6 Å². The van der Waals surface area contributed by atoms with Crippen LogP contribution in [0.3, 0.4) is 0 Å². The molecule has 1 fully saturated rings. The number of thiazole rings is 2. The SMILES string of the molecule is Cc1cccc2sc(NC(=O)Cc3csc(NC(=O)NC4CCCC4)n3)nc12. The molecule has 146 valence electrons. The summed E-state index contributed by atoms with van der Waals surface area (Å²) in [7, 11) is 0. The Balaban J connectivity index is 1.32.